The van der Waals surface area contributed by atoms with Gasteiger partial charge in [0.15, 0.2) is 0 Å². The standard InChI is InChI=1S/C12H20N2O/c1-2-12(15)4-3-7-14-10-11-5-8-13-9-6-11/h5-6,8-9,12,14-15H,2-4,7,10H2,1H3. The number of aliphatic hydroxyl groups is 1. The highest BCUT2D eigenvalue weighted by molar-refractivity contribution is 5.08. The normalized spacial score (nSPS) is 12.7. The van der Waals surface area contributed by atoms with E-state index in [9.17, 15) is 5.11 Å². The van der Waals surface area contributed by atoms with Crippen molar-refractivity contribution in [2.24, 2.45) is 0 Å². The van der Waals surface area contributed by atoms with Gasteiger partial charge in [-0.1, -0.05) is 6.92 Å². The van der Waals surface area contributed by atoms with Crippen LogP contribution in [0.3, 0.4) is 0 Å². The third kappa shape index (κ3) is 5.50. The second-order valence-electron chi connectivity index (χ2n) is 3.74. The topological polar surface area (TPSA) is 45.1 Å². The van der Waals surface area contributed by atoms with E-state index in [0.717, 1.165) is 32.4 Å². The Morgan fingerprint density at radius 2 is 2.13 bits per heavy atom. The Hall–Kier alpha value is -0.930. The molecule has 0 radical (unpaired) electrons. The van der Waals surface area contributed by atoms with Gasteiger partial charge in [-0.05, 0) is 43.5 Å². The Labute approximate surface area is 91.5 Å². The van der Waals surface area contributed by atoms with Crippen molar-refractivity contribution in [2.45, 2.75) is 38.8 Å². The van der Waals surface area contributed by atoms with Gasteiger partial charge in [0.05, 0.1) is 6.10 Å². The molecule has 0 saturated carbocycles. The Kier molecular flexibility index (Phi) is 5.97. The molecule has 2 N–H and O–H groups in total. The summed E-state index contributed by atoms with van der Waals surface area (Å²) in [5.74, 6) is 0. The summed E-state index contributed by atoms with van der Waals surface area (Å²) in [6, 6.07) is 4.02. The molecule has 1 aromatic rings. The summed E-state index contributed by atoms with van der Waals surface area (Å²) < 4.78 is 0. The monoisotopic (exact) mass is 208 g/mol. The molecule has 0 spiro atoms. The molecule has 0 fully saturated rings. The van der Waals surface area contributed by atoms with Crippen LogP contribution in [0.4, 0.5) is 0 Å². The Morgan fingerprint density at radius 3 is 2.80 bits per heavy atom. The first-order valence-electron chi connectivity index (χ1n) is 5.60. The lowest BCUT2D eigenvalue weighted by molar-refractivity contribution is 0.157. The van der Waals surface area contributed by atoms with Crippen molar-refractivity contribution in [3.05, 3.63) is 30.1 Å². The quantitative estimate of drug-likeness (QED) is 0.671. The van der Waals surface area contributed by atoms with Crippen molar-refractivity contribution in [3.8, 4) is 0 Å². The van der Waals surface area contributed by atoms with Gasteiger partial charge < -0.3 is 10.4 Å². The number of aromatic nitrogens is 1. The second kappa shape index (κ2) is 7.37. The maximum Gasteiger partial charge on any atom is 0.0538 e. The third-order valence-electron chi connectivity index (χ3n) is 2.44. The molecule has 0 saturated heterocycles. The van der Waals surface area contributed by atoms with Gasteiger partial charge in [-0.2, -0.15) is 0 Å². The first kappa shape index (κ1) is 12.1. The maximum absolute atomic E-state index is 9.34. The minimum absolute atomic E-state index is 0.132. The van der Waals surface area contributed by atoms with Crippen LogP contribution in [0.2, 0.25) is 0 Å². The fraction of sp³-hybridized carbons (Fsp3) is 0.583. The van der Waals surface area contributed by atoms with Gasteiger partial charge >= 0.3 is 0 Å². The van der Waals surface area contributed by atoms with Crippen LogP contribution in [0, 0.1) is 0 Å². The minimum atomic E-state index is -0.132. The van der Waals surface area contributed by atoms with Crippen LogP contribution in [0.25, 0.3) is 0 Å². The molecule has 0 aliphatic carbocycles. The van der Waals surface area contributed by atoms with Gasteiger partial charge in [-0.3, -0.25) is 4.98 Å². The van der Waals surface area contributed by atoms with E-state index in [4.69, 9.17) is 0 Å². The molecular formula is C12H20N2O. The number of hydrogen-bond donors (Lipinski definition) is 2. The summed E-state index contributed by atoms with van der Waals surface area (Å²) in [5.41, 5.74) is 1.25. The zero-order valence-electron chi connectivity index (χ0n) is 9.32. The van der Waals surface area contributed by atoms with E-state index in [-0.39, 0.29) is 6.10 Å². The average molecular weight is 208 g/mol. The molecule has 1 atom stereocenters. The number of rotatable bonds is 7. The summed E-state index contributed by atoms with van der Waals surface area (Å²) in [7, 11) is 0. The van der Waals surface area contributed by atoms with Crippen molar-refractivity contribution in [1.29, 1.82) is 0 Å². The third-order valence-corrected chi connectivity index (χ3v) is 2.44. The molecule has 0 aliphatic rings. The number of hydrogen-bond acceptors (Lipinski definition) is 3. The summed E-state index contributed by atoms with van der Waals surface area (Å²) in [4.78, 5) is 3.96. The largest absolute Gasteiger partial charge is 0.393 e. The van der Waals surface area contributed by atoms with Crippen molar-refractivity contribution in [3.63, 3.8) is 0 Å². The van der Waals surface area contributed by atoms with Crippen LogP contribution in [0.5, 0.6) is 0 Å². The first-order chi connectivity index (χ1) is 7.33. The van der Waals surface area contributed by atoms with Crippen molar-refractivity contribution in [2.75, 3.05) is 6.54 Å². The zero-order chi connectivity index (χ0) is 10.9. The summed E-state index contributed by atoms with van der Waals surface area (Å²) in [6.45, 7) is 3.85. The number of nitrogens with one attached hydrogen (secondary N) is 1. The Morgan fingerprint density at radius 1 is 1.40 bits per heavy atom. The highest BCUT2D eigenvalue weighted by Gasteiger charge is 1.99. The van der Waals surface area contributed by atoms with E-state index in [2.05, 4.69) is 10.3 Å². The van der Waals surface area contributed by atoms with Crippen LogP contribution in [-0.2, 0) is 6.54 Å². The van der Waals surface area contributed by atoms with Crippen LogP contribution in [0.15, 0.2) is 24.5 Å². The molecule has 3 nitrogen and oxygen atoms in total. The van der Waals surface area contributed by atoms with E-state index < -0.39 is 0 Å². The lowest BCUT2D eigenvalue weighted by atomic mass is 10.1. The maximum atomic E-state index is 9.34. The van der Waals surface area contributed by atoms with Crippen LogP contribution in [0.1, 0.15) is 31.7 Å². The van der Waals surface area contributed by atoms with E-state index in [1.165, 1.54) is 5.56 Å². The molecule has 0 aromatic carbocycles. The predicted octanol–water partition coefficient (Wildman–Crippen LogP) is 1.72. The molecule has 0 aliphatic heterocycles. The molecule has 0 amide bonds. The SMILES string of the molecule is CCC(O)CCCNCc1ccncc1. The molecule has 1 rings (SSSR count). The predicted molar refractivity (Wildman–Crippen MR) is 61.5 cm³/mol. The van der Waals surface area contributed by atoms with Gasteiger partial charge in [-0.15, -0.1) is 0 Å². The Bertz CT molecular complexity index is 251. The van der Waals surface area contributed by atoms with Gasteiger partial charge in [-0.25, -0.2) is 0 Å². The van der Waals surface area contributed by atoms with Gasteiger partial charge in [0.1, 0.15) is 0 Å². The lowest BCUT2D eigenvalue weighted by Crippen LogP contribution is -2.16. The fourth-order valence-corrected chi connectivity index (χ4v) is 1.40. The summed E-state index contributed by atoms with van der Waals surface area (Å²) in [6.07, 6.45) is 6.24. The molecule has 1 unspecified atom stereocenters. The van der Waals surface area contributed by atoms with E-state index >= 15 is 0 Å². The molecule has 84 valence electrons. The molecule has 1 aromatic heterocycles. The van der Waals surface area contributed by atoms with Crippen LogP contribution < -0.4 is 5.32 Å². The number of aliphatic hydroxyl groups excluding tert-OH is 1. The van der Waals surface area contributed by atoms with Gasteiger partial charge in [0.2, 0.25) is 0 Å². The van der Waals surface area contributed by atoms with Crippen molar-refractivity contribution < 1.29 is 5.11 Å². The summed E-state index contributed by atoms with van der Waals surface area (Å²) in [5, 5.41) is 12.7. The van der Waals surface area contributed by atoms with Crippen molar-refractivity contribution >= 4 is 0 Å². The minimum Gasteiger partial charge on any atom is -0.393 e. The fourth-order valence-electron chi connectivity index (χ4n) is 1.40. The lowest BCUT2D eigenvalue weighted by Gasteiger charge is -2.08. The molecule has 15 heavy (non-hydrogen) atoms. The van der Waals surface area contributed by atoms with E-state index in [1.54, 1.807) is 12.4 Å². The van der Waals surface area contributed by atoms with E-state index in [0.29, 0.717) is 0 Å². The van der Waals surface area contributed by atoms with Crippen LogP contribution in [-0.4, -0.2) is 22.7 Å². The Balaban J connectivity index is 2.03. The number of nitrogens with zero attached hydrogens (tertiary/aromatic N) is 1. The smallest absolute Gasteiger partial charge is 0.0538 e. The second-order valence-corrected chi connectivity index (χ2v) is 3.74. The number of pyridine rings is 1. The highest BCUT2D eigenvalue weighted by Crippen LogP contribution is 2.00. The van der Waals surface area contributed by atoms with Crippen molar-refractivity contribution in [1.82, 2.24) is 10.3 Å². The molecular weight excluding hydrogens is 188 g/mol. The van der Waals surface area contributed by atoms with E-state index in [1.807, 2.05) is 19.1 Å². The van der Waals surface area contributed by atoms with Gasteiger partial charge in [0, 0.05) is 18.9 Å². The highest BCUT2D eigenvalue weighted by atomic mass is 16.3. The van der Waals surface area contributed by atoms with Crippen LogP contribution >= 0.6 is 0 Å². The molecule has 1 heterocycles. The zero-order valence-corrected chi connectivity index (χ0v) is 9.32. The van der Waals surface area contributed by atoms with Gasteiger partial charge in [0.25, 0.3) is 0 Å². The molecule has 3 heteroatoms. The average Bonchev–Trinajstić information content (AvgIpc) is 2.29. The summed E-state index contributed by atoms with van der Waals surface area (Å²) >= 11 is 0. The molecule has 0 bridgehead atoms. The first-order valence-corrected chi connectivity index (χ1v) is 5.60.